The maximum Gasteiger partial charge on any atom is 0.331 e. The first-order valence-corrected chi connectivity index (χ1v) is 6.27. The largest absolute Gasteiger partial charge is 0.481 e. The maximum absolute atomic E-state index is 10.8. The molecule has 0 aromatic rings. The van der Waals surface area contributed by atoms with Crippen molar-refractivity contribution in [3.63, 3.8) is 0 Å². The van der Waals surface area contributed by atoms with Gasteiger partial charge in [-0.3, -0.25) is 4.79 Å². The highest BCUT2D eigenvalue weighted by Gasteiger charge is 2.34. The number of carboxylic acid groups (broad SMARTS) is 2. The minimum Gasteiger partial charge on any atom is -0.481 e. The molecule has 1 aliphatic rings. The van der Waals surface area contributed by atoms with E-state index in [1.54, 1.807) is 0 Å². The molecule has 0 aromatic carbocycles. The van der Waals surface area contributed by atoms with Gasteiger partial charge in [0.25, 0.3) is 0 Å². The van der Waals surface area contributed by atoms with Crippen LogP contribution < -0.4 is 11.2 Å². The van der Waals surface area contributed by atoms with Gasteiger partial charge in [-0.2, -0.15) is 0 Å². The second-order valence-electron chi connectivity index (χ2n) is 4.37. The zero-order chi connectivity index (χ0) is 15.6. The van der Waals surface area contributed by atoms with Crippen LogP contribution in [0.5, 0.6) is 0 Å². The minimum atomic E-state index is -1.08. The molecule has 1 unspecified atom stereocenters. The number of hydrogen-bond acceptors (Lipinski definition) is 5. The number of hydroxylamine groups is 1. The first-order valence-electron chi connectivity index (χ1n) is 6.27. The van der Waals surface area contributed by atoms with Crippen LogP contribution in [0.3, 0.4) is 0 Å². The van der Waals surface area contributed by atoms with E-state index < -0.39 is 17.4 Å². The SMILES string of the molecule is CC1(C(=O)O)C=CC=C(C(=O)O)C1.CCONCCN. The third-order valence-corrected chi connectivity index (χ3v) is 2.58. The Balaban J connectivity index is 0.000000441. The van der Waals surface area contributed by atoms with Gasteiger partial charge in [0.2, 0.25) is 0 Å². The summed E-state index contributed by atoms with van der Waals surface area (Å²) in [6.07, 6.45) is 4.43. The molecule has 0 heterocycles. The Morgan fingerprint density at radius 3 is 2.60 bits per heavy atom. The summed E-state index contributed by atoms with van der Waals surface area (Å²) in [6.45, 7) is 5.47. The summed E-state index contributed by atoms with van der Waals surface area (Å²) < 4.78 is 0. The van der Waals surface area contributed by atoms with Gasteiger partial charge in [-0.1, -0.05) is 18.2 Å². The zero-order valence-corrected chi connectivity index (χ0v) is 11.8. The van der Waals surface area contributed by atoms with Gasteiger partial charge in [-0.25, -0.2) is 10.3 Å². The number of hydrogen-bond donors (Lipinski definition) is 4. The molecule has 114 valence electrons. The second kappa shape index (κ2) is 9.24. The summed E-state index contributed by atoms with van der Waals surface area (Å²) in [5, 5.41) is 17.5. The predicted octanol–water partition coefficient (Wildman–Crippen LogP) is 0.534. The van der Waals surface area contributed by atoms with Crippen molar-refractivity contribution in [2.75, 3.05) is 19.7 Å². The van der Waals surface area contributed by atoms with Crippen molar-refractivity contribution in [3.05, 3.63) is 23.8 Å². The first kappa shape index (κ1) is 18.3. The van der Waals surface area contributed by atoms with Gasteiger partial charge in [-0.05, 0) is 20.3 Å². The Kier molecular flexibility index (Phi) is 8.46. The first-order chi connectivity index (χ1) is 9.37. The van der Waals surface area contributed by atoms with Gasteiger partial charge in [0, 0.05) is 18.7 Å². The van der Waals surface area contributed by atoms with Crippen LogP contribution in [0.2, 0.25) is 0 Å². The van der Waals surface area contributed by atoms with E-state index in [1.165, 1.54) is 25.2 Å². The molecule has 0 fully saturated rings. The standard InChI is InChI=1S/C9H10O4.C4H12N2O/c1-9(8(12)13)4-2-3-6(5-9)7(10)11;1-2-7-6-4-3-5/h2-4H,5H2,1H3,(H,10,11)(H,12,13);6H,2-5H2,1H3. The van der Waals surface area contributed by atoms with Crippen molar-refractivity contribution < 1.29 is 24.6 Å². The molecule has 0 aliphatic heterocycles. The lowest BCUT2D eigenvalue weighted by molar-refractivity contribution is -0.145. The molecule has 7 heteroatoms. The van der Waals surface area contributed by atoms with Crippen LogP contribution in [0.25, 0.3) is 0 Å². The summed E-state index contributed by atoms with van der Waals surface area (Å²) in [5.74, 6) is -2.06. The average Bonchev–Trinajstić information content (AvgIpc) is 2.40. The number of carboxylic acids is 2. The number of carbonyl (C=O) groups is 2. The molecule has 0 saturated carbocycles. The molecule has 1 rings (SSSR count). The number of allylic oxidation sites excluding steroid dienone is 2. The third kappa shape index (κ3) is 6.46. The van der Waals surface area contributed by atoms with Crippen LogP contribution in [0.4, 0.5) is 0 Å². The molecule has 1 atom stereocenters. The van der Waals surface area contributed by atoms with Crippen LogP contribution in [0, 0.1) is 5.41 Å². The minimum absolute atomic E-state index is 0.0359. The summed E-state index contributed by atoms with van der Waals surface area (Å²) in [5.41, 5.74) is 6.84. The van der Waals surface area contributed by atoms with Gasteiger partial charge < -0.3 is 20.8 Å². The fourth-order valence-corrected chi connectivity index (χ4v) is 1.42. The van der Waals surface area contributed by atoms with Crippen molar-refractivity contribution in [1.82, 2.24) is 5.48 Å². The van der Waals surface area contributed by atoms with Gasteiger partial charge in [0.05, 0.1) is 12.0 Å². The molecule has 5 N–H and O–H groups in total. The second-order valence-corrected chi connectivity index (χ2v) is 4.37. The molecule has 0 amide bonds. The summed E-state index contributed by atoms with van der Waals surface area (Å²) in [6, 6.07) is 0. The molecular formula is C13H22N2O5. The van der Waals surface area contributed by atoms with E-state index in [1.807, 2.05) is 6.92 Å². The number of nitrogens with two attached hydrogens (primary N) is 1. The lowest BCUT2D eigenvalue weighted by atomic mass is 9.80. The monoisotopic (exact) mass is 286 g/mol. The fourth-order valence-electron chi connectivity index (χ4n) is 1.42. The van der Waals surface area contributed by atoms with E-state index in [0.29, 0.717) is 13.2 Å². The zero-order valence-electron chi connectivity index (χ0n) is 11.8. The predicted molar refractivity (Wildman–Crippen MR) is 73.9 cm³/mol. The van der Waals surface area contributed by atoms with Crippen molar-refractivity contribution >= 4 is 11.9 Å². The summed E-state index contributed by atoms with van der Waals surface area (Å²) in [7, 11) is 0. The topological polar surface area (TPSA) is 122 Å². The smallest absolute Gasteiger partial charge is 0.331 e. The van der Waals surface area contributed by atoms with Crippen LogP contribution >= 0.6 is 0 Å². The molecular weight excluding hydrogens is 264 g/mol. The van der Waals surface area contributed by atoms with Crippen LogP contribution in [-0.2, 0) is 14.4 Å². The van der Waals surface area contributed by atoms with E-state index >= 15 is 0 Å². The molecule has 1 aliphatic carbocycles. The normalized spacial score (nSPS) is 20.6. The Hall–Kier alpha value is -1.70. The summed E-state index contributed by atoms with van der Waals surface area (Å²) in [4.78, 5) is 26.1. The number of rotatable bonds is 6. The van der Waals surface area contributed by atoms with Gasteiger partial charge in [0.1, 0.15) is 0 Å². The summed E-state index contributed by atoms with van der Waals surface area (Å²) >= 11 is 0. The van der Waals surface area contributed by atoms with Crippen molar-refractivity contribution in [1.29, 1.82) is 0 Å². The lowest BCUT2D eigenvalue weighted by Gasteiger charge is -2.23. The third-order valence-electron chi connectivity index (χ3n) is 2.58. The van der Waals surface area contributed by atoms with E-state index in [2.05, 4.69) is 5.48 Å². The Bertz CT molecular complexity index is 388. The molecule has 0 spiro atoms. The molecule has 20 heavy (non-hydrogen) atoms. The molecule has 0 radical (unpaired) electrons. The maximum atomic E-state index is 10.8. The number of nitrogens with one attached hydrogen (secondary N) is 1. The molecule has 0 bridgehead atoms. The highest BCUT2D eigenvalue weighted by molar-refractivity contribution is 5.90. The van der Waals surface area contributed by atoms with Crippen molar-refractivity contribution in [2.45, 2.75) is 20.3 Å². The van der Waals surface area contributed by atoms with Gasteiger partial charge in [0.15, 0.2) is 0 Å². The van der Waals surface area contributed by atoms with Crippen LogP contribution in [0.1, 0.15) is 20.3 Å². The van der Waals surface area contributed by atoms with Gasteiger partial charge in [-0.15, -0.1) is 0 Å². The highest BCUT2D eigenvalue weighted by Crippen LogP contribution is 2.31. The molecule has 7 nitrogen and oxygen atoms in total. The number of aliphatic carboxylic acids is 2. The van der Waals surface area contributed by atoms with Crippen LogP contribution in [0.15, 0.2) is 23.8 Å². The van der Waals surface area contributed by atoms with E-state index in [0.717, 1.165) is 6.54 Å². The Morgan fingerprint density at radius 2 is 2.15 bits per heavy atom. The van der Waals surface area contributed by atoms with E-state index in [-0.39, 0.29) is 12.0 Å². The van der Waals surface area contributed by atoms with Crippen molar-refractivity contribution in [3.8, 4) is 0 Å². The van der Waals surface area contributed by atoms with Crippen molar-refractivity contribution in [2.24, 2.45) is 11.1 Å². The van der Waals surface area contributed by atoms with E-state index in [9.17, 15) is 9.59 Å². The molecule has 0 aromatic heterocycles. The van der Waals surface area contributed by atoms with Gasteiger partial charge >= 0.3 is 11.9 Å². The lowest BCUT2D eigenvalue weighted by Crippen LogP contribution is -2.28. The van der Waals surface area contributed by atoms with E-state index in [4.69, 9.17) is 20.8 Å². The van der Waals surface area contributed by atoms with Crippen LogP contribution in [-0.4, -0.2) is 41.8 Å². The quantitative estimate of drug-likeness (QED) is 0.415. The Labute approximate surface area is 118 Å². The highest BCUT2D eigenvalue weighted by atomic mass is 16.6. The fraction of sp³-hybridized carbons (Fsp3) is 0.538. The Morgan fingerprint density at radius 1 is 1.50 bits per heavy atom. The molecule has 0 saturated heterocycles. The average molecular weight is 286 g/mol.